The normalized spacial score (nSPS) is 10.9. The first-order valence-corrected chi connectivity index (χ1v) is 5.35. The zero-order valence-electron chi connectivity index (χ0n) is 9.58. The van der Waals surface area contributed by atoms with Gasteiger partial charge in [0.25, 0.3) is 0 Å². The van der Waals surface area contributed by atoms with Crippen LogP contribution in [0.15, 0.2) is 30.7 Å². The number of fused-ring (bicyclic) bond motifs is 1. The highest BCUT2D eigenvalue weighted by Gasteiger charge is 2.10. The van der Waals surface area contributed by atoms with Gasteiger partial charge in [-0.2, -0.15) is 0 Å². The van der Waals surface area contributed by atoms with E-state index in [4.69, 9.17) is 5.11 Å². The molecule has 0 unspecified atom stereocenters. The van der Waals surface area contributed by atoms with Crippen LogP contribution in [-0.4, -0.2) is 30.6 Å². The first kappa shape index (κ1) is 10.5. The number of nitrogens with zero attached hydrogens (tertiary/aromatic N) is 3. The van der Waals surface area contributed by atoms with Crippen LogP contribution in [0, 0.1) is 0 Å². The van der Waals surface area contributed by atoms with Crippen molar-refractivity contribution in [3.8, 4) is 11.5 Å². The van der Waals surface area contributed by atoms with Crippen molar-refractivity contribution < 1.29 is 9.90 Å². The monoisotopic (exact) mass is 242 g/mol. The largest absolute Gasteiger partial charge is 0.478 e. The Bertz CT molecular complexity index is 741. The molecule has 3 rings (SSSR count). The highest BCUT2D eigenvalue weighted by molar-refractivity contribution is 5.92. The fraction of sp³-hybridized carbons (Fsp3) is 0.0833. The van der Waals surface area contributed by atoms with Gasteiger partial charge in [0.1, 0.15) is 5.69 Å². The van der Waals surface area contributed by atoms with Gasteiger partial charge in [0.2, 0.25) is 0 Å². The van der Waals surface area contributed by atoms with E-state index in [0.717, 1.165) is 11.2 Å². The van der Waals surface area contributed by atoms with Crippen LogP contribution in [0.4, 0.5) is 0 Å². The van der Waals surface area contributed by atoms with E-state index in [0.29, 0.717) is 11.3 Å². The van der Waals surface area contributed by atoms with Crippen molar-refractivity contribution in [2.45, 2.75) is 0 Å². The number of carboxylic acid groups (broad SMARTS) is 1. The molecular weight excluding hydrogens is 232 g/mol. The van der Waals surface area contributed by atoms with Gasteiger partial charge in [-0.25, -0.2) is 14.8 Å². The summed E-state index contributed by atoms with van der Waals surface area (Å²) >= 11 is 0. The molecule has 0 aliphatic rings. The van der Waals surface area contributed by atoms with E-state index in [1.807, 2.05) is 11.6 Å². The fourth-order valence-corrected chi connectivity index (χ4v) is 1.85. The third-order valence-corrected chi connectivity index (χ3v) is 2.79. The number of aryl methyl sites for hydroxylation is 1. The van der Waals surface area contributed by atoms with Crippen LogP contribution in [0.5, 0.6) is 0 Å². The molecule has 0 saturated carbocycles. The van der Waals surface area contributed by atoms with Crippen molar-refractivity contribution in [3.63, 3.8) is 0 Å². The molecule has 0 spiro atoms. The lowest BCUT2D eigenvalue weighted by Gasteiger charge is -1.95. The van der Waals surface area contributed by atoms with Crippen molar-refractivity contribution in [1.82, 2.24) is 19.5 Å². The number of aromatic carboxylic acids is 1. The maximum atomic E-state index is 10.9. The number of rotatable bonds is 2. The second-order valence-electron chi connectivity index (χ2n) is 4.01. The zero-order chi connectivity index (χ0) is 12.7. The van der Waals surface area contributed by atoms with Gasteiger partial charge in [-0.1, -0.05) is 0 Å². The maximum Gasteiger partial charge on any atom is 0.335 e. The summed E-state index contributed by atoms with van der Waals surface area (Å²) in [6, 6.07) is 4.80. The molecule has 18 heavy (non-hydrogen) atoms. The molecule has 0 aliphatic carbocycles. The number of hydrogen-bond acceptors (Lipinski definition) is 3. The van der Waals surface area contributed by atoms with Crippen LogP contribution in [0.1, 0.15) is 10.4 Å². The second-order valence-corrected chi connectivity index (χ2v) is 4.01. The first-order valence-electron chi connectivity index (χ1n) is 5.35. The molecule has 0 bridgehead atoms. The number of hydrogen-bond donors (Lipinski definition) is 2. The predicted octanol–water partition coefficient (Wildman–Crippen LogP) is 1.66. The fourth-order valence-electron chi connectivity index (χ4n) is 1.85. The summed E-state index contributed by atoms with van der Waals surface area (Å²) in [6.45, 7) is 0. The molecule has 90 valence electrons. The molecule has 3 aromatic rings. The van der Waals surface area contributed by atoms with Crippen LogP contribution in [0.2, 0.25) is 0 Å². The molecule has 6 heteroatoms. The van der Waals surface area contributed by atoms with Crippen molar-refractivity contribution in [2.75, 3.05) is 0 Å². The van der Waals surface area contributed by atoms with E-state index < -0.39 is 5.97 Å². The van der Waals surface area contributed by atoms with E-state index in [1.54, 1.807) is 30.7 Å². The number of aromatic nitrogens is 4. The van der Waals surface area contributed by atoms with E-state index >= 15 is 0 Å². The van der Waals surface area contributed by atoms with Crippen molar-refractivity contribution in [2.24, 2.45) is 7.05 Å². The molecule has 6 nitrogen and oxygen atoms in total. The third-order valence-electron chi connectivity index (χ3n) is 2.79. The van der Waals surface area contributed by atoms with Crippen LogP contribution < -0.4 is 0 Å². The van der Waals surface area contributed by atoms with Gasteiger partial charge in [0.05, 0.1) is 29.1 Å². The van der Waals surface area contributed by atoms with Crippen molar-refractivity contribution in [1.29, 1.82) is 0 Å². The van der Waals surface area contributed by atoms with Gasteiger partial charge in [0.15, 0.2) is 5.82 Å². The number of H-pyrrole nitrogens is 1. The molecule has 1 aromatic carbocycles. The lowest BCUT2D eigenvalue weighted by atomic mass is 10.2. The lowest BCUT2D eigenvalue weighted by Crippen LogP contribution is -1.94. The molecule has 2 N–H and O–H groups in total. The van der Waals surface area contributed by atoms with E-state index in [2.05, 4.69) is 15.0 Å². The first-order chi connectivity index (χ1) is 8.65. The highest BCUT2D eigenvalue weighted by atomic mass is 16.4. The van der Waals surface area contributed by atoms with Crippen molar-refractivity contribution in [3.05, 3.63) is 36.3 Å². The average Bonchev–Trinajstić information content (AvgIpc) is 2.92. The summed E-state index contributed by atoms with van der Waals surface area (Å²) < 4.78 is 1.84. The summed E-state index contributed by atoms with van der Waals surface area (Å²) in [4.78, 5) is 22.4. The quantitative estimate of drug-likeness (QED) is 0.715. The van der Waals surface area contributed by atoms with E-state index in [-0.39, 0.29) is 5.56 Å². The van der Waals surface area contributed by atoms with Gasteiger partial charge in [-0.15, -0.1) is 0 Å². The Morgan fingerprint density at radius 1 is 1.44 bits per heavy atom. The molecular formula is C12H10N4O2. The van der Waals surface area contributed by atoms with Crippen LogP contribution in [0.25, 0.3) is 22.6 Å². The Balaban J connectivity index is 2.17. The smallest absolute Gasteiger partial charge is 0.335 e. The topological polar surface area (TPSA) is 83.8 Å². The number of aromatic amines is 1. The second kappa shape index (κ2) is 3.69. The molecule has 2 aromatic heterocycles. The van der Waals surface area contributed by atoms with Crippen molar-refractivity contribution >= 4 is 17.0 Å². The number of carboxylic acids is 1. The average molecular weight is 242 g/mol. The number of benzene rings is 1. The molecule has 0 saturated heterocycles. The van der Waals surface area contributed by atoms with E-state index in [1.165, 1.54) is 0 Å². The number of imidazole rings is 2. The molecule has 0 aliphatic heterocycles. The molecule has 0 radical (unpaired) electrons. The number of carbonyl (C=O) groups is 1. The Morgan fingerprint density at radius 2 is 2.28 bits per heavy atom. The Morgan fingerprint density at radius 3 is 2.94 bits per heavy atom. The molecule has 2 heterocycles. The summed E-state index contributed by atoms with van der Waals surface area (Å²) in [6.07, 6.45) is 3.39. The Labute approximate surface area is 102 Å². The van der Waals surface area contributed by atoms with E-state index in [9.17, 15) is 4.79 Å². The lowest BCUT2D eigenvalue weighted by molar-refractivity contribution is 0.0697. The van der Waals surface area contributed by atoms with Gasteiger partial charge < -0.3 is 14.7 Å². The Kier molecular flexibility index (Phi) is 2.16. The minimum atomic E-state index is -0.950. The molecule has 0 amide bonds. The van der Waals surface area contributed by atoms with Crippen LogP contribution in [-0.2, 0) is 7.05 Å². The predicted molar refractivity (Wildman–Crippen MR) is 65.3 cm³/mol. The minimum Gasteiger partial charge on any atom is -0.478 e. The maximum absolute atomic E-state index is 10.9. The standard InChI is InChI=1S/C12H10N4O2/c1-16-6-13-5-10(16)11-14-8-3-2-7(12(17)18)4-9(8)15-11/h2-6H,1H3,(H,14,15)(H,17,18). The summed E-state index contributed by atoms with van der Waals surface area (Å²) in [7, 11) is 1.87. The SMILES string of the molecule is Cn1cncc1-c1nc2ccc(C(=O)O)cc2[nH]1. The molecule has 0 atom stereocenters. The molecule has 0 fully saturated rings. The van der Waals surface area contributed by atoms with Gasteiger partial charge in [-0.05, 0) is 18.2 Å². The van der Waals surface area contributed by atoms with Gasteiger partial charge in [-0.3, -0.25) is 0 Å². The third kappa shape index (κ3) is 1.55. The minimum absolute atomic E-state index is 0.239. The Hall–Kier alpha value is -2.63. The summed E-state index contributed by atoms with van der Waals surface area (Å²) in [5.41, 5.74) is 2.52. The van der Waals surface area contributed by atoms with Gasteiger partial charge >= 0.3 is 5.97 Å². The number of nitrogens with one attached hydrogen (secondary N) is 1. The van der Waals surface area contributed by atoms with Gasteiger partial charge in [0, 0.05) is 7.05 Å². The zero-order valence-corrected chi connectivity index (χ0v) is 9.58. The summed E-state index contributed by atoms with van der Waals surface area (Å²) in [5.74, 6) is -0.277. The van der Waals surface area contributed by atoms with Crippen LogP contribution in [0.3, 0.4) is 0 Å². The van der Waals surface area contributed by atoms with Crippen LogP contribution >= 0.6 is 0 Å². The summed E-state index contributed by atoms with van der Waals surface area (Å²) in [5, 5.41) is 8.93. The highest BCUT2D eigenvalue weighted by Crippen LogP contribution is 2.20.